The summed E-state index contributed by atoms with van der Waals surface area (Å²) in [6.45, 7) is 24.6. The molecule has 0 saturated heterocycles. The van der Waals surface area contributed by atoms with Crippen LogP contribution in [-0.4, -0.2) is 17.1 Å². The Balaban J connectivity index is 2.82. The molecule has 0 bridgehead atoms. The number of hydrogen-bond donors (Lipinski definition) is 0. The van der Waals surface area contributed by atoms with Crippen molar-refractivity contribution in [3.05, 3.63) is 70.8 Å². The van der Waals surface area contributed by atoms with Crippen molar-refractivity contribution in [3.63, 3.8) is 0 Å². The average Bonchev–Trinajstić information content (AvgIpc) is 2.58. The quantitative estimate of drug-likeness (QED) is 0.384. The second kappa shape index (κ2) is 8.77. The molecule has 0 atom stereocenters. The third kappa shape index (κ3) is 6.22. The van der Waals surface area contributed by atoms with Gasteiger partial charge in [-0.15, -0.1) is 5.54 Å². The normalized spacial score (nSPS) is 11.8. The minimum Gasteiger partial charge on any atom is -0.546 e. The van der Waals surface area contributed by atoms with Crippen LogP contribution >= 0.6 is 0 Å². The Morgan fingerprint density at radius 3 is 2.07 bits per heavy atom. The van der Waals surface area contributed by atoms with Crippen molar-refractivity contribution in [1.29, 1.82) is 0 Å². The van der Waals surface area contributed by atoms with Crippen molar-refractivity contribution in [1.82, 2.24) is 0 Å². The molecule has 0 aromatic heterocycles. The largest absolute Gasteiger partial charge is 0.546 e. The topological polar surface area (TPSA) is 9.23 Å². The second-order valence-corrected chi connectivity index (χ2v) is 17.2. The summed E-state index contributed by atoms with van der Waals surface area (Å²) in [7, 11) is -2.83. The summed E-state index contributed by atoms with van der Waals surface area (Å²) in [6, 6.07) is 13.0. The molecule has 0 aliphatic carbocycles. The molecule has 0 spiro atoms. The van der Waals surface area contributed by atoms with E-state index in [1.807, 2.05) is 0 Å². The summed E-state index contributed by atoms with van der Waals surface area (Å²) >= 11 is 0. The lowest BCUT2D eigenvalue weighted by molar-refractivity contribution is 0.556. The minimum absolute atomic E-state index is 0.0235. The van der Waals surface area contributed by atoms with Crippen LogP contribution in [0.3, 0.4) is 0 Å². The molecule has 0 unspecified atom stereocenters. The molecule has 29 heavy (non-hydrogen) atoms. The van der Waals surface area contributed by atoms with Gasteiger partial charge in [0.2, 0.25) is 9.04 Å². The molecule has 0 saturated carbocycles. The Labute approximate surface area is 181 Å². The Hall–Kier alpha value is -2.03. The molecule has 1 nitrogen and oxygen atoms in total. The Morgan fingerprint density at radius 1 is 1.00 bits per heavy atom. The molecule has 0 N–H and O–H groups in total. The lowest BCUT2D eigenvalue weighted by Gasteiger charge is -2.28. The van der Waals surface area contributed by atoms with E-state index in [9.17, 15) is 0 Å². The van der Waals surface area contributed by atoms with Gasteiger partial charge in [0, 0.05) is 5.56 Å². The first-order valence-corrected chi connectivity index (χ1v) is 16.7. The van der Waals surface area contributed by atoms with Gasteiger partial charge in [-0.05, 0) is 48.2 Å². The molecule has 0 aliphatic rings. The van der Waals surface area contributed by atoms with Crippen molar-refractivity contribution in [2.24, 2.45) is 0 Å². The highest BCUT2D eigenvalue weighted by Gasteiger charge is 2.25. The highest BCUT2D eigenvalue weighted by atomic mass is 28.3. The van der Waals surface area contributed by atoms with Crippen molar-refractivity contribution in [2.75, 3.05) is 0 Å². The summed E-state index contributed by atoms with van der Waals surface area (Å²) < 4.78 is 6.53. The summed E-state index contributed by atoms with van der Waals surface area (Å²) in [6.07, 6.45) is 0. The van der Waals surface area contributed by atoms with E-state index in [1.165, 1.54) is 11.1 Å². The summed E-state index contributed by atoms with van der Waals surface area (Å²) in [5, 5.41) is 0. The minimum atomic E-state index is -1.50. The number of hydrogen-bond acceptors (Lipinski definition) is 1. The molecule has 0 heterocycles. The Kier molecular flexibility index (Phi) is 7.03. The van der Waals surface area contributed by atoms with E-state index in [1.54, 1.807) is 0 Å². The van der Waals surface area contributed by atoms with E-state index in [-0.39, 0.29) is 5.41 Å². The van der Waals surface area contributed by atoms with Crippen LogP contribution in [0.5, 0.6) is 5.75 Å². The van der Waals surface area contributed by atoms with Crippen LogP contribution in [0.2, 0.25) is 32.7 Å². The van der Waals surface area contributed by atoms with E-state index in [0.717, 1.165) is 28.0 Å². The van der Waals surface area contributed by atoms with Gasteiger partial charge in [0.15, 0.2) is 0 Å². The zero-order valence-electron chi connectivity index (χ0n) is 19.7. The molecule has 0 aliphatic heterocycles. The number of rotatable bonds is 4. The highest BCUT2D eigenvalue weighted by Crippen LogP contribution is 2.41. The Bertz CT molecular complexity index is 944. The molecule has 0 fully saturated rings. The second-order valence-electron chi connectivity index (χ2n) is 10.1. The van der Waals surface area contributed by atoms with E-state index in [0.29, 0.717) is 0 Å². The first-order valence-electron chi connectivity index (χ1n) is 10.4. The number of benzene rings is 2. The van der Waals surface area contributed by atoms with Gasteiger partial charge < -0.3 is 4.43 Å². The zero-order chi connectivity index (χ0) is 22.0. The molecule has 154 valence electrons. The van der Waals surface area contributed by atoms with Crippen molar-refractivity contribution in [2.45, 2.75) is 65.8 Å². The van der Waals surface area contributed by atoms with Gasteiger partial charge in [0.25, 0.3) is 0 Å². The van der Waals surface area contributed by atoms with Crippen molar-refractivity contribution in [3.8, 4) is 17.2 Å². The van der Waals surface area contributed by atoms with Gasteiger partial charge in [-0.1, -0.05) is 88.8 Å². The fourth-order valence-electron chi connectivity index (χ4n) is 3.12. The molecular formula is C26H36OSi2. The molecular weight excluding hydrogens is 384 g/mol. The number of aryl methyl sites for hydroxylation is 1. The van der Waals surface area contributed by atoms with Gasteiger partial charge in [0.1, 0.15) is 13.8 Å². The van der Waals surface area contributed by atoms with Gasteiger partial charge in [0.05, 0.1) is 5.56 Å². The molecule has 2 rings (SSSR count). The van der Waals surface area contributed by atoms with Crippen LogP contribution in [0.25, 0.3) is 5.57 Å². The summed E-state index contributed by atoms with van der Waals surface area (Å²) in [5.41, 5.74) is 10.2. The molecule has 2 aromatic carbocycles. The first-order chi connectivity index (χ1) is 13.3. The predicted octanol–water partition coefficient (Wildman–Crippen LogP) is 6.95. The molecule has 2 aromatic rings. The molecule has 0 radical (unpaired) electrons. The molecule has 0 amide bonds. The van der Waals surface area contributed by atoms with Gasteiger partial charge in [-0.2, -0.15) is 0 Å². The van der Waals surface area contributed by atoms with E-state index in [2.05, 4.69) is 115 Å². The summed E-state index contributed by atoms with van der Waals surface area (Å²) in [4.78, 5) is 0. The van der Waals surface area contributed by atoms with Gasteiger partial charge in [-0.3, -0.25) is 0 Å². The maximum Gasteiger partial charge on any atom is 0.229 e. The van der Waals surface area contributed by atoms with Crippen molar-refractivity contribution < 1.29 is 4.43 Å². The van der Waals surface area contributed by atoms with Crippen LogP contribution in [0.15, 0.2) is 43.0 Å². The lowest BCUT2D eigenvalue weighted by atomic mass is 9.79. The van der Waals surface area contributed by atoms with E-state index >= 15 is 0 Å². The predicted molar refractivity (Wildman–Crippen MR) is 134 cm³/mol. The smallest absolute Gasteiger partial charge is 0.229 e. The fraction of sp³-hybridized carbons (Fsp3) is 0.385. The lowest BCUT2D eigenvalue weighted by Crippen LogP contribution is -2.19. The van der Waals surface area contributed by atoms with Gasteiger partial charge >= 0.3 is 0 Å². The standard InChI is InChI=1S/C26H36OSi2/c1-19-11-13-21(14-12-19)20(2)24-23(26(3,4)5)16-15-22(17-18-29(8,9)10)25(24)27-28(6)7/h11-16,28H,2H2,1,3-10H3. The van der Waals surface area contributed by atoms with E-state index in [4.69, 9.17) is 4.43 Å². The zero-order valence-corrected chi connectivity index (χ0v) is 21.8. The molecule has 3 heteroatoms. The fourth-order valence-corrected chi connectivity index (χ4v) is 4.34. The Morgan fingerprint density at radius 2 is 1.59 bits per heavy atom. The highest BCUT2D eigenvalue weighted by molar-refractivity contribution is 6.83. The van der Waals surface area contributed by atoms with Gasteiger partial charge in [-0.25, -0.2) is 0 Å². The van der Waals surface area contributed by atoms with Crippen LogP contribution in [0.1, 0.15) is 48.6 Å². The van der Waals surface area contributed by atoms with Crippen LogP contribution < -0.4 is 4.43 Å². The SMILES string of the molecule is C=C(c1ccc(C)cc1)c1c(C(C)(C)C)ccc(C#C[Si](C)(C)C)c1O[SiH](C)C. The maximum atomic E-state index is 6.53. The summed E-state index contributed by atoms with van der Waals surface area (Å²) in [5.74, 6) is 4.39. The third-order valence-corrected chi connectivity index (χ3v) is 6.18. The maximum absolute atomic E-state index is 6.53. The average molecular weight is 421 g/mol. The monoisotopic (exact) mass is 420 g/mol. The third-order valence-electron chi connectivity index (χ3n) is 4.59. The first kappa shape index (κ1) is 23.3. The van der Waals surface area contributed by atoms with E-state index < -0.39 is 17.1 Å². The van der Waals surface area contributed by atoms with Crippen LogP contribution in [0, 0.1) is 18.4 Å². The van der Waals surface area contributed by atoms with Crippen LogP contribution in [-0.2, 0) is 5.41 Å². The van der Waals surface area contributed by atoms with Crippen molar-refractivity contribution >= 4 is 22.7 Å². The van der Waals surface area contributed by atoms with Crippen LogP contribution in [0.4, 0.5) is 0 Å².